The van der Waals surface area contributed by atoms with Gasteiger partial charge in [-0.05, 0) is 40.3 Å². The Morgan fingerprint density at radius 2 is 1.25 bits per heavy atom. The van der Waals surface area contributed by atoms with Gasteiger partial charge in [0.25, 0.3) is 0 Å². The van der Waals surface area contributed by atoms with Crippen LogP contribution in [0.2, 0.25) is 0 Å². The zero-order valence-corrected chi connectivity index (χ0v) is 17.7. The highest BCUT2D eigenvalue weighted by molar-refractivity contribution is 6.28. The van der Waals surface area contributed by atoms with Crippen LogP contribution in [0.5, 0.6) is 0 Å². The van der Waals surface area contributed by atoms with Gasteiger partial charge in [0.1, 0.15) is 0 Å². The summed E-state index contributed by atoms with van der Waals surface area (Å²) in [6, 6.07) is 38.2. The minimum atomic E-state index is 0.673. The van der Waals surface area contributed by atoms with Crippen molar-refractivity contribution in [2.75, 3.05) is 0 Å². The van der Waals surface area contributed by atoms with Crippen LogP contribution in [-0.2, 0) is 7.05 Å². The van der Waals surface area contributed by atoms with Gasteiger partial charge in [0.2, 0.25) is 0 Å². The molecule has 32 heavy (non-hydrogen) atoms. The van der Waals surface area contributed by atoms with Gasteiger partial charge in [0.05, 0.1) is 17.1 Å². The number of benzene rings is 5. The lowest BCUT2D eigenvalue weighted by Crippen LogP contribution is -1.94. The first-order valence-electron chi connectivity index (χ1n) is 10.8. The Labute approximate surface area is 186 Å². The summed E-state index contributed by atoms with van der Waals surface area (Å²) < 4.78 is 2.29. The zero-order valence-electron chi connectivity index (χ0n) is 17.7. The van der Waals surface area contributed by atoms with E-state index in [1.54, 1.807) is 0 Å². The van der Waals surface area contributed by atoms with Crippen molar-refractivity contribution in [3.63, 3.8) is 0 Å². The van der Waals surface area contributed by atoms with Crippen LogP contribution < -0.4 is 0 Å². The van der Waals surface area contributed by atoms with Gasteiger partial charge in [-0.3, -0.25) is 0 Å². The third-order valence-electron chi connectivity index (χ3n) is 6.41. The van der Waals surface area contributed by atoms with Crippen molar-refractivity contribution < 1.29 is 0 Å². The average Bonchev–Trinajstić information content (AvgIpc) is 3.16. The molecule has 0 aliphatic carbocycles. The van der Waals surface area contributed by atoms with Crippen LogP contribution in [0.3, 0.4) is 0 Å². The number of aromatic nitrogens is 1. The van der Waals surface area contributed by atoms with Crippen molar-refractivity contribution in [1.82, 2.24) is 4.57 Å². The van der Waals surface area contributed by atoms with Crippen molar-refractivity contribution in [2.45, 2.75) is 0 Å². The first-order valence-corrected chi connectivity index (χ1v) is 10.8. The lowest BCUT2D eigenvalue weighted by molar-refractivity contribution is 1.02. The van der Waals surface area contributed by atoms with Crippen LogP contribution in [0.4, 0.5) is 0 Å². The van der Waals surface area contributed by atoms with Gasteiger partial charge in [0.15, 0.2) is 0 Å². The minimum Gasteiger partial charge on any atom is -0.343 e. The molecule has 0 atom stereocenters. The Kier molecular flexibility index (Phi) is 4.09. The van der Waals surface area contributed by atoms with Crippen molar-refractivity contribution >= 4 is 32.6 Å². The average molecular weight is 409 g/mol. The molecule has 0 aliphatic rings. The highest BCUT2D eigenvalue weighted by Crippen LogP contribution is 2.47. The van der Waals surface area contributed by atoms with Gasteiger partial charge in [-0.25, -0.2) is 0 Å². The van der Waals surface area contributed by atoms with E-state index in [1.807, 2.05) is 18.2 Å². The molecule has 0 unspecified atom stereocenters. The Morgan fingerprint density at radius 1 is 0.625 bits per heavy atom. The lowest BCUT2D eigenvalue weighted by atomic mass is 9.85. The summed E-state index contributed by atoms with van der Waals surface area (Å²) in [6.45, 7) is 0. The van der Waals surface area contributed by atoms with Crippen LogP contribution in [0.1, 0.15) is 5.56 Å². The molecule has 2 nitrogen and oxygen atoms in total. The standard InChI is InChI=1S/C30H20N2/c1-32-26-15-9-8-14-24(26)29-28(22-12-6-3-7-13-22)27(21-10-4-2-5-11-21)25-18-20(19-31)16-17-23(25)30(29)32/h2-18H,1H3. The van der Waals surface area contributed by atoms with Crippen molar-refractivity contribution in [3.05, 3.63) is 109 Å². The molecule has 0 fully saturated rings. The van der Waals surface area contributed by atoms with E-state index < -0.39 is 0 Å². The van der Waals surface area contributed by atoms with Gasteiger partial charge < -0.3 is 4.57 Å². The quantitative estimate of drug-likeness (QED) is 0.289. The smallest absolute Gasteiger partial charge is 0.0991 e. The third-order valence-corrected chi connectivity index (χ3v) is 6.41. The topological polar surface area (TPSA) is 28.7 Å². The van der Waals surface area contributed by atoms with E-state index in [9.17, 15) is 5.26 Å². The maximum atomic E-state index is 9.67. The molecule has 0 saturated heterocycles. The van der Waals surface area contributed by atoms with Crippen molar-refractivity contribution in [3.8, 4) is 28.3 Å². The predicted octanol–water partition coefficient (Wildman–Crippen LogP) is 7.69. The maximum Gasteiger partial charge on any atom is 0.0991 e. The molecule has 0 amide bonds. The van der Waals surface area contributed by atoms with Crippen molar-refractivity contribution in [1.29, 1.82) is 5.26 Å². The fourth-order valence-corrected chi connectivity index (χ4v) is 5.05. The van der Waals surface area contributed by atoms with Crippen LogP contribution >= 0.6 is 0 Å². The normalized spacial score (nSPS) is 11.2. The molecular formula is C30H20N2. The molecule has 5 aromatic carbocycles. The Balaban J connectivity index is 1.98. The molecular weight excluding hydrogens is 388 g/mol. The number of nitriles is 1. The molecule has 0 bridgehead atoms. The summed E-state index contributed by atoms with van der Waals surface area (Å²) in [5.74, 6) is 0. The van der Waals surface area contributed by atoms with E-state index in [1.165, 1.54) is 38.5 Å². The summed E-state index contributed by atoms with van der Waals surface area (Å²) in [7, 11) is 2.14. The molecule has 0 aliphatic heterocycles. The van der Waals surface area contributed by atoms with Gasteiger partial charge in [0, 0.05) is 34.3 Å². The number of para-hydroxylation sites is 1. The second-order valence-electron chi connectivity index (χ2n) is 8.15. The summed E-state index contributed by atoms with van der Waals surface area (Å²) in [5, 5.41) is 14.4. The van der Waals surface area contributed by atoms with Crippen LogP contribution in [0.25, 0.3) is 54.8 Å². The molecule has 6 rings (SSSR count). The Morgan fingerprint density at radius 3 is 1.94 bits per heavy atom. The molecule has 6 aromatic rings. The Bertz CT molecular complexity index is 1670. The van der Waals surface area contributed by atoms with Gasteiger partial charge >= 0.3 is 0 Å². The summed E-state index contributed by atoms with van der Waals surface area (Å²) in [4.78, 5) is 0. The molecule has 0 spiro atoms. The third kappa shape index (κ3) is 2.58. The van der Waals surface area contributed by atoms with E-state index in [2.05, 4.69) is 103 Å². The fraction of sp³-hybridized carbons (Fsp3) is 0.0333. The molecule has 1 aromatic heterocycles. The van der Waals surface area contributed by atoms with Gasteiger partial charge in [-0.15, -0.1) is 0 Å². The summed E-state index contributed by atoms with van der Waals surface area (Å²) in [6.07, 6.45) is 0. The number of aryl methyl sites for hydroxylation is 1. The molecule has 1 heterocycles. The van der Waals surface area contributed by atoms with Crippen LogP contribution in [-0.4, -0.2) is 4.57 Å². The Hall–Kier alpha value is -4.35. The summed E-state index contributed by atoms with van der Waals surface area (Å²) >= 11 is 0. The summed E-state index contributed by atoms with van der Waals surface area (Å²) in [5.41, 5.74) is 7.80. The van der Waals surface area contributed by atoms with Gasteiger partial charge in [-0.2, -0.15) is 5.26 Å². The molecule has 150 valence electrons. The van der Waals surface area contributed by atoms with Gasteiger partial charge in [-0.1, -0.05) is 84.9 Å². The first kappa shape index (κ1) is 18.4. The molecule has 0 N–H and O–H groups in total. The van der Waals surface area contributed by atoms with E-state index in [0.29, 0.717) is 5.56 Å². The predicted molar refractivity (Wildman–Crippen MR) is 134 cm³/mol. The lowest BCUT2D eigenvalue weighted by Gasteiger charge is -2.18. The van der Waals surface area contributed by atoms with E-state index in [0.717, 1.165) is 16.3 Å². The largest absolute Gasteiger partial charge is 0.343 e. The number of hydrogen-bond donors (Lipinski definition) is 0. The zero-order chi connectivity index (χ0) is 21.7. The molecule has 0 radical (unpaired) electrons. The fourth-order valence-electron chi connectivity index (χ4n) is 5.05. The van der Waals surface area contributed by atoms with Crippen LogP contribution in [0, 0.1) is 11.3 Å². The maximum absolute atomic E-state index is 9.67. The second-order valence-corrected chi connectivity index (χ2v) is 8.15. The number of rotatable bonds is 2. The highest BCUT2D eigenvalue weighted by Gasteiger charge is 2.22. The highest BCUT2D eigenvalue weighted by atomic mass is 14.9. The number of nitrogens with zero attached hydrogens (tertiary/aromatic N) is 2. The number of hydrogen-bond acceptors (Lipinski definition) is 1. The van der Waals surface area contributed by atoms with Crippen molar-refractivity contribution in [2.24, 2.45) is 7.05 Å². The van der Waals surface area contributed by atoms with E-state index >= 15 is 0 Å². The number of fused-ring (bicyclic) bond motifs is 5. The second kappa shape index (κ2) is 7.11. The van der Waals surface area contributed by atoms with E-state index in [-0.39, 0.29) is 0 Å². The van der Waals surface area contributed by atoms with E-state index in [4.69, 9.17) is 0 Å². The molecule has 2 heteroatoms. The van der Waals surface area contributed by atoms with Crippen LogP contribution in [0.15, 0.2) is 103 Å². The monoisotopic (exact) mass is 408 g/mol. The SMILES string of the molecule is Cn1c2ccccc2c2c(-c3ccccc3)c(-c3ccccc3)c3cc(C#N)ccc3c21. The minimum absolute atomic E-state index is 0.673. The first-order chi connectivity index (χ1) is 15.8. The molecule has 0 saturated carbocycles.